The van der Waals surface area contributed by atoms with Gasteiger partial charge in [-0.15, -0.1) is 11.8 Å². The molecule has 96 valence electrons. The number of hydrogen-bond acceptors (Lipinski definition) is 2. The number of halogens is 1. The minimum absolute atomic E-state index is 0.568. The van der Waals surface area contributed by atoms with Crippen molar-refractivity contribution in [2.45, 2.75) is 37.6 Å². The summed E-state index contributed by atoms with van der Waals surface area (Å²) in [5, 5.41) is 4.24. The summed E-state index contributed by atoms with van der Waals surface area (Å²) < 4.78 is 0. The Morgan fingerprint density at radius 2 is 1.94 bits per heavy atom. The zero-order chi connectivity index (χ0) is 12.7. The quantitative estimate of drug-likeness (QED) is 0.735. The van der Waals surface area contributed by atoms with E-state index in [0.29, 0.717) is 6.04 Å². The van der Waals surface area contributed by atoms with Crippen LogP contribution in [-0.4, -0.2) is 18.8 Å². The fourth-order valence-electron chi connectivity index (χ4n) is 1.60. The molecule has 3 heteroatoms. The lowest BCUT2D eigenvalue weighted by Gasteiger charge is -2.17. The van der Waals surface area contributed by atoms with Gasteiger partial charge in [0.1, 0.15) is 0 Å². The standard InChI is InChI=1S/C14H22ClNS/c1-11(2)8-9-12(16-3)10-17-14-7-5-4-6-13(14)15/h4-7,11-12,16H,8-10H2,1-3H3. The summed E-state index contributed by atoms with van der Waals surface area (Å²) in [6, 6.07) is 8.62. The van der Waals surface area contributed by atoms with Crippen molar-refractivity contribution in [3.8, 4) is 0 Å². The van der Waals surface area contributed by atoms with E-state index in [0.717, 1.165) is 16.7 Å². The molecular formula is C14H22ClNS. The number of rotatable bonds is 7. The number of thioether (sulfide) groups is 1. The van der Waals surface area contributed by atoms with Crippen molar-refractivity contribution in [1.82, 2.24) is 5.32 Å². The maximum atomic E-state index is 6.14. The summed E-state index contributed by atoms with van der Waals surface area (Å²) in [6.45, 7) is 4.54. The normalized spacial score (nSPS) is 13.0. The van der Waals surface area contributed by atoms with E-state index in [1.54, 1.807) is 0 Å². The van der Waals surface area contributed by atoms with Gasteiger partial charge < -0.3 is 5.32 Å². The van der Waals surface area contributed by atoms with E-state index < -0.39 is 0 Å². The van der Waals surface area contributed by atoms with E-state index in [1.807, 2.05) is 37.0 Å². The van der Waals surface area contributed by atoms with Crippen LogP contribution in [0.15, 0.2) is 29.2 Å². The van der Waals surface area contributed by atoms with Gasteiger partial charge in [-0.05, 0) is 37.9 Å². The third kappa shape index (κ3) is 5.80. The van der Waals surface area contributed by atoms with Gasteiger partial charge in [0.2, 0.25) is 0 Å². The molecule has 0 heterocycles. The summed E-state index contributed by atoms with van der Waals surface area (Å²) in [6.07, 6.45) is 2.50. The minimum Gasteiger partial charge on any atom is -0.316 e. The predicted octanol–water partition coefficient (Wildman–Crippen LogP) is 4.46. The minimum atomic E-state index is 0.568. The summed E-state index contributed by atoms with van der Waals surface area (Å²) in [5.41, 5.74) is 0. The Morgan fingerprint density at radius 1 is 1.24 bits per heavy atom. The Hall–Kier alpha value is -0.180. The van der Waals surface area contributed by atoms with E-state index in [9.17, 15) is 0 Å². The molecule has 1 aromatic rings. The van der Waals surface area contributed by atoms with Gasteiger partial charge in [-0.25, -0.2) is 0 Å². The second-order valence-electron chi connectivity index (χ2n) is 4.70. The molecule has 0 aromatic heterocycles. The Bertz CT molecular complexity index is 328. The first kappa shape index (κ1) is 14.9. The van der Waals surface area contributed by atoms with Gasteiger partial charge in [-0.1, -0.05) is 37.6 Å². The van der Waals surface area contributed by atoms with Gasteiger partial charge in [0.05, 0.1) is 5.02 Å². The van der Waals surface area contributed by atoms with Gasteiger partial charge in [-0.2, -0.15) is 0 Å². The molecule has 1 atom stereocenters. The molecule has 0 aliphatic rings. The Morgan fingerprint density at radius 3 is 2.53 bits per heavy atom. The maximum Gasteiger partial charge on any atom is 0.0541 e. The Balaban J connectivity index is 2.40. The van der Waals surface area contributed by atoms with Gasteiger partial charge in [0.25, 0.3) is 0 Å². The molecule has 1 rings (SSSR count). The van der Waals surface area contributed by atoms with Crippen LogP contribution in [0.5, 0.6) is 0 Å². The first-order chi connectivity index (χ1) is 8.13. The highest BCUT2D eigenvalue weighted by Crippen LogP contribution is 2.27. The van der Waals surface area contributed by atoms with Crippen LogP contribution in [0.2, 0.25) is 5.02 Å². The van der Waals surface area contributed by atoms with Crippen LogP contribution in [-0.2, 0) is 0 Å². The van der Waals surface area contributed by atoms with E-state index in [4.69, 9.17) is 11.6 Å². The van der Waals surface area contributed by atoms with Crippen molar-refractivity contribution in [3.63, 3.8) is 0 Å². The molecule has 1 nitrogen and oxygen atoms in total. The number of hydrogen-bond donors (Lipinski definition) is 1. The summed E-state index contributed by atoms with van der Waals surface area (Å²) in [4.78, 5) is 1.18. The van der Waals surface area contributed by atoms with Crippen LogP contribution in [0, 0.1) is 5.92 Å². The van der Waals surface area contributed by atoms with Crippen LogP contribution in [0.3, 0.4) is 0 Å². The summed E-state index contributed by atoms with van der Waals surface area (Å²) in [7, 11) is 2.04. The van der Waals surface area contributed by atoms with Crippen molar-refractivity contribution < 1.29 is 0 Å². The fraction of sp³-hybridized carbons (Fsp3) is 0.571. The highest BCUT2D eigenvalue weighted by Gasteiger charge is 2.09. The average molecular weight is 272 g/mol. The van der Waals surface area contributed by atoms with Crippen molar-refractivity contribution in [1.29, 1.82) is 0 Å². The molecule has 0 aliphatic heterocycles. The third-order valence-electron chi connectivity index (χ3n) is 2.78. The molecule has 0 saturated heterocycles. The molecule has 0 fully saturated rings. The maximum absolute atomic E-state index is 6.14. The first-order valence-corrected chi connectivity index (χ1v) is 7.54. The van der Waals surface area contributed by atoms with Crippen LogP contribution in [0.1, 0.15) is 26.7 Å². The van der Waals surface area contributed by atoms with Crippen LogP contribution >= 0.6 is 23.4 Å². The molecule has 0 amide bonds. The molecule has 1 N–H and O–H groups in total. The molecular weight excluding hydrogens is 250 g/mol. The smallest absolute Gasteiger partial charge is 0.0541 e. The van der Waals surface area contributed by atoms with Gasteiger partial charge in [-0.3, -0.25) is 0 Å². The average Bonchev–Trinajstić information content (AvgIpc) is 2.31. The highest BCUT2D eigenvalue weighted by molar-refractivity contribution is 7.99. The van der Waals surface area contributed by atoms with Gasteiger partial charge >= 0.3 is 0 Å². The largest absolute Gasteiger partial charge is 0.316 e. The van der Waals surface area contributed by atoms with Crippen molar-refractivity contribution >= 4 is 23.4 Å². The second-order valence-corrected chi connectivity index (χ2v) is 6.17. The lowest BCUT2D eigenvalue weighted by Crippen LogP contribution is -2.28. The molecule has 0 spiro atoms. The van der Waals surface area contributed by atoms with Gasteiger partial charge in [0.15, 0.2) is 0 Å². The number of benzene rings is 1. The lowest BCUT2D eigenvalue weighted by atomic mass is 10.0. The van der Waals surface area contributed by atoms with Crippen molar-refractivity contribution in [3.05, 3.63) is 29.3 Å². The molecule has 1 unspecified atom stereocenters. The summed E-state index contributed by atoms with van der Waals surface area (Å²) in [5.74, 6) is 1.85. The Labute approximate surface area is 114 Å². The SMILES string of the molecule is CNC(CCC(C)C)CSc1ccccc1Cl. The highest BCUT2D eigenvalue weighted by atomic mass is 35.5. The predicted molar refractivity (Wildman–Crippen MR) is 79.1 cm³/mol. The molecule has 1 aromatic carbocycles. The van der Waals surface area contributed by atoms with E-state index in [-0.39, 0.29) is 0 Å². The zero-order valence-electron chi connectivity index (χ0n) is 10.9. The molecule has 0 radical (unpaired) electrons. The molecule has 17 heavy (non-hydrogen) atoms. The molecule has 0 aliphatic carbocycles. The number of nitrogens with one attached hydrogen (secondary N) is 1. The molecule has 0 bridgehead atoms. The van der Waals surface area contributed by atoms with Crippen LogP contribution < -0.4 is 5.32 Å². The zero-order valence-corrected chi connectivity index (χ0v) is 12.4. The first-order valence-electron chi connectivity index (χ1n) is 6.18. The fourth-order valence-corrected chi connectivity index (χ4v) is 2.99. The van der Waals surface area contributed by atoms with Crippen LogP contribution in [0.4, 0.5) is 0 Å². The van der Waals surface area contributed by atoms with Crippen molar-refractivity contribution in [2.75, 3.05) is 12.8 Å². The van der Waals surface area contributed by atoms with Gasteiger partial charge in [0, 0.05) is 16.7 Å². The monoisotopic (exact) mass is 271 g/mol. The topological polar surface area (TPSA) is 12.0 Å². The second kappa shape index (κ2) is 8.02. The van der Waals surface area contributed by atoms with E-state index >= 15 is 0 Å². The molecule has 0 saturated carbocycles. The third-order valence-corrected chi connectivity index (χ3v) is 4.46. The lowest BCUT2D eigenvalue weighted by molar-refractivity contribution is 0.479. The Kier molecular flexibility index (Phi) is 7.02. The van der Waals surface area contributed by atoms with Crippen LogP contribution in [0.25, 0.3) is 0 Å². The van der Waals surface area contributed by atoms with Crippen molar-refractivity contribution in [2.24, 2.45) is 5.92 Å². The summed E-state index contributed by atoms with van der Waals surface area (Å²) >= 11 is 7.97. The van der Waals surface area contributed by atoms with E-state index in [2.05, 4.69) is 25.2 Å². The van der Waals surface area contributed by atoms with E-state index in [1.165, 1.54) is 17.7 Å².